The number of ether oxygens (including phenoxy) is 9. The summed E-state index contributed by atoms with van der Waals surface area (Å²) in [5, 5.41) is 0. The molecule has 1 rings (SSSR count). The summed E-state index contributed by atoms with van der Waals surface area (Å²) in [7, 11) is -1.48. The number of halogens is 5. The molecule has 0 atom stereocenters. The number of carbonyl (C=O) groups excluding carboxylic acids is 1. The van der Waals surface area contributed by atoms with Crippen LogP contribution in [-0.2, 0) is 47.1 Å². The number of carbonyl (C=O) groups is 1. The molecule has 1 aromatic carbocycles. The Balaban J connectivity index is 1.80. The van der Waals surface area contributed by atoms with Gasteiger partial charge in [-0.1, -0.05) is 0 Å². The summed E-state index contributed by atoms with van der Waals surface area (Å²) in [6.07, 6.45) is -0.482. The second-order valence-corrected chi connectivity index (χ2v) is 14.5. The van der Waals surface area contributed by atoms with Gasteiger partial charge in [0, 0.05) is 0 Å². The van der Waals surface area contributed by atoms with Gasteiger partial charge < -0.3 is 47.1 Å². The molecule has 45 heavy (non-hydrogen) atoms. The van der Waals surface area contributed by atoms with E-state index in [0.717, 1.165) is 0 Å². The lowest BCUT2D eigenvalue weighted by Crippen LogP contribution is -2.27. The minimum Gasteiger partial charge on any atom is -0.420 e. The highest BCUT2D eigenvalue weighted by Gasteiger charge is 2.28. The van der Waals surface area contributed by atoms with E-state index in [1.807, 2.05) is 0 Å². The average molecular weight is 681 g/mol. The summed E-state index contributed by atoms with van der Waals surface area (Å²) >= 11 is 0. The fraction of sp³-hybridized carbons (Fsp3) is 0.750. The largest absolute Gasteiger partial charge is 0.420 e. The van der Waals surface area contributed by atoms with Crippen LogP contribution in [0.3, 0.4) is 0 Å². The summed E-state index contributed by atoms with van der Waals surface area (Å²) in [5.74, 6) is -14.1. The van der Waals surface area contributed by atoms with Crippen LogP contribution >= 0.6 is 0 Å². The van der Waals surface area contributed by atoms with E-state index in [4.69, 9.17) is 42.3 Å². The van der Waals surface area contributed by atoms with Crippen molar-refractivity contribution in [3.63, 3.8) is 0 Å². The second kappa shape index (κ2) is 25.3. The third-order valence-electron chi connectivity index (χ3n) is 5.20. The first-order valence-corrected chi connectivity index (χ1v) is 17.9. The van der Waals surface area contributed by atoms with E-state index in [0.29, 0.717) is 85.9 Å². The Hall–Kier alpha value is -1.80. The van der Waals surface area contributed by atoms with Gasteiger partial charge in [-0.15, -0.1) is 0 Å². The van der Waals surface area contributed by atoms with E-state index >= 15 is 0 Å². The van der Waals surface area contributed by atoms with E-state index in [2.05, 4.69) is 24.4 Å². The van der Waals surface area contributed by atoms with Gasteiger partial charge in [0.25, 0.3) is 0 Å². The summed E-state index contributed by atoms with van der Waals surface area (Å²) < 4.78 is 119. The molecule has 0 heterocycles. The summed E-state index contributed by atoms with van der Waals surface area (Å²) in [6.45, 7) is 12.7. The Morgan fingerprint density at radius 1 is 0.444 bits per heavy atom. The van der Waals surface area contributed by atoms with Crippen LogP contribution in [0.4, 0.5) is 22.0 Å². The van der Waals surface area contributed by atoms with Crippen molar-refractivity contribution in [1.82, 2.24) is 0 Å². The highest BCUT2D eigenvalue weighted by atomic mass is 28.4. The van der Waals surface area contributed by atoms with E-state index < -0.39 is 55.5 Å². The summed E-state index contributed by atoms with van der Waals surface area (Å²) in [5.41, 5.74) is 0. The van der Waals surface area contributed by atoms with Gasteiger partial charge in [0.2, 0.25) is 34.8 Å². The van der Waals surface area contributed by atoms with Crippen LogP contribution in [0.15, 0.2) is 0 Å². The molecule has 0 N–H and O–H groups in total. The van der Waals surface area contributed by atoms with Crippen molar-refractivity contribution in [3.8, 4) is 5.75 Å². The Labute approximate surface area is 261 Å². The SMILES string of the molecule is C[Si](C)(C)OCCOCCOCCOCCOCCOCCOCCOCCOCCC(=O)Oc1c(F)c(F)c(F)c(F)c1F. The topological polar surface area (TPSA) is 109 Å². The third-order valence-corrected chi connectivity index (χ3v) is 6.27. The van der Waals surface area contributed by atoms with Crippen LogP contribution in [0, 0.1) is 29.1 Å². The normalized spacial score (nSPS) is 11.8. The fourth-order valence-electron chi connectivity index (χ4n) is 3.04. The smallest absolute Gasteiger partial charge is 0.313 e. The Bertz CT molecular complexity index is 912. The van der Waals surface area contributed by atoms with Crippen molar-refractivity contribution in [2.24, 2.45) is 0 Å². The predicted octanol–water partition coefficient (Wildman–Crippen LogP) is 3.66. The highest BCUT2D eigenvalue weighted by molar-refractivity contribution is 6.69. The van der Waals surface area contributed by atoms with E-state index in [1.54, 1.807) is 0 Å². The molecule has 11 nitrogen and oxygen atoms in total. The van der Waals surface area contributed by atoms with E-state index in [-0.39, 0.29) is 26.4 Å². The van der Waals surface area contributed by atoms with Crippen molar-refractivity contribution in [2.75, 3.05) is 112 Å². The third kappa shape index (κ3) is 20.8. The minimum atomic E-state index is -2.35. The first kappa shape index (κ1) is 41.2. The number of hydrogen-bond acceptors (Lipinski definition) is 11. The lowest BCUT2D eigenvalue weighted by Gasteiger charge is -2.16. The first-order valence-electron chi connectivity index (χ1n) is 14.5. The van der Waals surface area contributed by atoms with Crippen LogP contribution in [0.25, 0.3) is 0 Å². The van der Waals surface area contributed by atoms with Crippen molar-refractivity contribution in [2.45, 2.75) is 26.1 Å². The van der Waals surface area contributed by atoms with Crippen molar-refractivity contribution in [3.05, 3.63) is 29.1 Å². The Morgan fingerprint density at radius 3 is 1.02 bits per heavy atom. The Kier molecular flexibility index (Phi) is 23.2. The molecular weight excluding hydrogens is 635 g/mol. The standard InChI is InChI=1S/C28H45F5O11Si/c1-45(2,3)43-21-20-42-19-18-41-17-16-40-15-14-39-13-12-38-11-10-37-9-8-36-7-6-35-5-4-22(34)44-28-26(32)24(30)23(29)25(31)27(28)33/h4-21H2,1-3H3. The van der Waals surface area contributed by atoms with Crippen LogP contribution in [-0.4, -0.2) is 127 Å². The molecule has 0 aliphatic heterocycles. The molecule has 0 aliphatic rings. The van der Waals surface area contributed by atoms with Gasteiger partial charge in [0.05, 0.1) is 119 Å². The average Bonchev–Trinajstić information content (AvgIpc) is 3.00. The molecule has 0 bridgehead atoms. The predicted molar refractivity (Wildman–Crippen MR) is 152 cm³/mol. The summed E-state index contributed by atoms with van der Waals surface area (Å²) in [6, 6.07) is 0. The van der Waals surface area contributed by atoms with Crippen molar-refractivity contribution in [1.29, 1.82) is 0 Å². The zero-order valence-electron chi connectivity index (χ0n) is 26.1. The molecule has 17 heteroatoms. The molecule has 0 unspecified atom stereocenters. The van der Waals surface area contributed by atoms with Crippen molar-refractivity contribution < 1.29 is 73.8 Å². The zero-order chi connectivity index (χ0) is 33.3. The molecule has 0 saturated heterocycles. The van der Waals surface area contributed by atoms with Gasteiger partial charge in [-0.2, -0.15) is 8.78 Å². The zero-order valence-corrected chi connectivity index (χ0v) is 27.1. The van der Waals surface area contributed by atoms with Gasteiger partial charge >= 0.3 is 5.97 Å². The fourth-order valence-corrected chi connectivity index (χ4v) is 3.74. The maximum absolute atomic E-state index is 13.5. The molecule has 1 aromatic rings. The Morgan fingerprint density at radius 2 is 0.711 bits per heavy atom. The molecule has 0 radical (unpaired) electrons. The molecular formula is C28H45F5O11Si. The first-order chi connectivity index (χ1) is 21.5. The molecule has 0 amide bonds. The molecule has 0 saturated carbocycles. The van der Waals surface area contributed by atoms with Crippen molar-refractivity contribution >= 4 is 14.3 Å². The van der Waals surface area contributed by atoms with E-state index in [1.165, 1.54) is 0 Å². The molecule has 0 aromatic heterocycles. The number of esters is 1. The quantitative estimate of drug-likeness (QED) is 0.0235. The second-order valence-electron chi connectivity index (χ2n) is 9.98. The van der Waals surface area contributed by atoms with E-state index in [9.17, 15) is 26.7 Å². The molecule has 0 fully saturated rings. The number of rotatable bonds is 29. The summed E-state index contributed by atoms with van der Waals surface area (Å²) in [4.78, 5) is 11.6. The number of hydrogen-bond donors (Lipinski definition) is 0. The number of benzene rings is 1. The highest BCUT2D eigenvalue weighted by Crippen LogP contribution is 2.29. The maximum atomic E-state index is 13.5. The molecule has 262 valence electrons. The lowest BCUT2D eigenvalue weighted by atomic mass is 10.2. The van der Waals surface area contributed by atoms with Crippen LogP contribution in [0.1, 0.15) is 6.42 Å². The maximum Gasteiger partial charge on any atom is 0.313 e. The van der Waals surface area contributed by atoms with Gasteiger partial charge in [0.1, 0.15) is 0 Å². The van der Waals surface area contributed by atoms with Gasteiger partial charge in [-0.3, -0.25) is 4.79 Å². The lowest BCUT2D eigenvalue weighted by molar-refractivity contribution is -0.136. The van der Waals surface area contributed by atoms with Crippen LogP contribution < -0.4 is 4.74 Å². The van der Waals surface area contributed by atoms with Gasteiger partial charge in [-0.25, -0.2) is 13.2 Å². The van der Waals surface area contributed by atoms with Crippen LogP contribution in [0.2, 0.25) is 19.6 Å². The van der Waals surface area contributed by atoms with Crippen LogP contribution in [0.5, 0.6) is 5.75 Å². The van der Waals surface area contributed by atoms with Gasteiger partial charge in [0.15, 0.2) is 8.32 Å². The molecule has 0 spiro atoms. The monoisotopic (exact) mass is 680 g/mol. The minimum absolute atomic E-state index is 0.0860. The molecule has 0 aliphatic carbocycles. The van der Waals surface area contributed by atoms with Gasteiger partial charge in [-0.05, 0) is 19.6 Å².